The standard InChI is InChI=1S/C13H19FNO4P/c1-9(2)10(3)20(16,17)19-13(15-18-4)11-7-5-6-8-12(11)14/h5-10H,1-4H3,(H,16,17)/b15-13-/t10-/m0/s1. The molecule has 1 unspecified atom stereocenters. The van der Waals surface area contributed by atoms with Gasteiger partial charge in [-0.3, -0.25) is 0 Å². The van der Waals surface area contributed by atoms with Crippen LogP contribution in [0.15, 0.2) is 29.4 Å². The van der Waals surface area contributed by atoms with Crippen LogP contribution in [0.2, 0.25) is 0 Å². The monoisotopic (exact) mass is 303 g/mol. The zero-order chi connectivity index (χ0) is 15.3. The highest BCUT2D eigenvalue weighted by molar-refractivity contribution is 7.54. The molecule has 0 saturated heterocycles. The number of rotatable bonds is 5. The minimum atomic E-state index is -3.99. The Balaban J connectivity index is 3.10. The van der Waals surface area contributed by atoms with Gasteiger partial charge in [0, 0.05) is 0 Å². The molecule has 5 nitrogen and oxygen atoms in total. The highest BCUT2D eigenvalue weighted by atomic mass is 31.2. The third-order valence-electron chi connectivity index (χ3n) is 2.98. The quantitative estimate of drug-likeness (QED) is 0.392. The largest absolute Gasteiger partial charge is 0.402 e. The minimum absolute atomic E-state index is 0.0282. The fourth-order valence-electron chi connectivity index (χ4n) is 1.42. The van der Waals surface area contributed by atoms with E-state index >= 15 is 0 Å². The van der Waals surface area contributed by atoms with Crippen LogP contribution < -0.4 is 0 Å². The zero-order valence-electron chi connectivity index (χ0n) is 11.9. The second-order valence-electron chi connectivity index (χ2n) is 4.70. The van der Waals surface area contributed by atoms with Crippen LogP contribution in [0.1, 0.15) is 26.3 Å². The molecule has 0 amide bonds. The Morgan fingerprint density at radius 2 is 1.95 bits per heavy atom. The number of hydrogen-bond donors (Lipinski definition) is 1. The Morgan fingerprint density at radius 1 is 1.35 bits per heavy atom. The summed E-state index contributed by atoms with van der Waals surface area (Å²) in [5.74, 6) is -1.03. The van der Waals surface area contributed by atoms with Crippen LogP contribution in [0.25, 0.3) is 0 Å². The van der Waals surface area contributed by atoms with Crippen LogP contribution in [-0.2, 0) is 13.9 Å². The van der Waals surface area contributed by atoms with Crippen molar-refractivity contribution in [3.8, 4) is 0 Å². The van der Waals surface area contributed by atoms with Crippen LogP contribution in [0.4, 0.5) is 4.39 Å². The van der Waals surface area contributed by atoms with Crippen molar-refractivity contribution in [2.45, 2.75) is 26.4 Å². The second kappa shape index (κ2) is 6.86. The first-order chi connectivity index (χ1) is 9.29. The van der Waals surface area contributed by atoms with Crippen molar-refractivity contribution >= 4 is 13.5 Å². The highest BCUT2D eigenvalue weighted by Crippen LogP contribution is 2.51. The maximum atomic E-state index is 13.7. The van der Waals surface area contributed by atoms with Gasteiger partial charge < -0.3 is 14.3 Å². The summed E-state index contributed by atoms with van der Waals surface area (Å²) in [5, 5.41) is 3.50. The molecule has 1 rings (SSSR count). The van der Waals surface area contributed by atoms with E-state index in [4.69, 9.17) is 4.52 Å². The van der Waals surface area contributed by atoms with Crippen LogP contribution in [0, 0.1) is 11.7 Å². The summed E-state index contributed by atoms with van der Waals surface area (Å²) < 4.78 is 31.0. The molecule has 0 fully saturated rings. The average molecular weight is 303 g/mol. The molecule has 2 atom stereocenters. The van der Waals surface area contributed by atoms with E-state index in [0.717, 1.165) is 0 Å². The third kappa shape index (κ3) is 4.05. The fourth-order valence-corrected chi connectivity index (χ4v) is 2.72. The van der Waals surface area contributed by atoms with Crippen LogP contribution in [0.5, 0.6) is 0 Å². The van der Waals surface area contributed by atoms with Gasteiger partial charge in [-0.2, -0.15) is 0 Å². The Kier molecular flexibility index (Phi) is 5.72. The molecular formula is C13H19FNO4P. The van der Waals surface area contributed by atoms with Gasteiger partial charge in [0.1, 0.15) is 12.9 Å². The normalized spacial score (nSPS) is 16.6. The highest BCUT2D eigenvalue weighted by Gasteiger charge is 2.34. The lowest BCUT2D eigenvalue weighted by atomic mass is 10.2. The molecule has 1 aromatic rings. The number of oxime groups is 1. The van der Waals surface area contributed by atoms with Gasteiger partial charge >= 0.3 is 7.60 Å². The average Bonchev–Trinajstić information content (AvgIpc) is 2.37. The van der Waals surface area contributed by atoms with Gasteiger partial charge in [-0.25, -0.2) is 8.96 Å². The summed E-state index contributed by atoms with van der Waals surface area (Å²) >= 11 is 0. The van der Waals surface area contributed by atoms with E-state index in [9.17, 15) is 13.8 Å². The second-order valence-corrected chi connectivity index (χ2v) is 6.82. The summed E-state index contributed by atoms with van der Waals surface area (Å²) in [7, 11) is -2.74. The molecule has 0 bridgehead atoms. The lowest BCUT2D eigenvalue weighted by molar-refractivity contribution is 0.203. The van der Waals surface area contributed by atoms with Gasteiger partial charge in [0.2, 0.25) is 0 Å². The Morgan fingerprint density at radius 3 is 2.45 bits per heavy atom. The molecule has 1 N–H and O–H groups in total. The Hall–Kier alpha value is -1.39. The summed E-state index contributed by atoms with van der Waals surface area (Å²) in [5.41, 5.74) is -0.643. The number of nitrogens with zero attached hydrogens (tertiary/aromatic N) is 1. The van der Waals surface area contributed by atoms with E-state index in [-0.39, 0.29) is 17.4 Å². The van der Waals surface area contributed by atoms with E-state index < -0.39 is 19.1 Å². The SMILES string of the molecule is CO/N=C(\OP(=O)(O)[C@@H](C)C(C)C)c1ccccc1F. The molecule has 0 saturated carbocycles. The molecule has 0 radical (unpaired) electrons. The molecular weight excluding hydrogens is 284 g/mol. The summed E-state index contributed by atoms with van der Waals surface area (Å²) in [4.78, 5) is 14.5. The molecule has 0 aliphatic heterocycles. The summed E-state index contributed by atoms with van der Waals surface area (Å²) in [6, 6.07) is 5.67. The first kappa shape index (κ1) is 16.7. The Bertz CT molecular complexity index is 533. The topological polar surface area (TPSA) is 68.1 Å². The molecule has 0 aliphatic carbocycles. The lowest BCUT2D eigenvalue weighted by Crippen LogP contribution is -2.17. The van der Waals surface area contributed by atoms with Crippen molar-refractivity contribution in [2.24, 2.45) is 11.1 Å². The van der Waals surface area contributed by atoms with Gasteiger partial charge in [0.25, 0.3) is 5.90 Å². The predicted molar refractivity (Wildman–Crippen MR) is 75.2 cm³/mol. The predicted octanol–water partition coefficient (Wildman–Crippen LogP) is 3.38. The van der Waals surface area contributed by atoms with Gasteiger partial charge in [-0.05, 0) is 30.1 Å². The molecule has 0 spiro atoms. The number of benzene rings is 1. The van der Waals surface area contributed by atoms with E-state index in [1.807, 2.05) is 0 Å². The molecule has 112 valence electrons. The van der Waals surface area contributed by atoms with Crippen molar-refractivity contribution < 1.29 is 23.2 Å². The lowest BCUT2D eigenvalue weighted by Gasteiger charge is -2.22. The van der Waals surface area contributed by atoms with Crippen LogP contribution in [0.3, 0.4) is 0 Å². The van der Waals surface area contributed by atoms with Crippen molar-refractivity contribution in [2.75, 3.05) is 7.11 Å². The Labute approximate surface area is 117 Å². The van der Waals surface area contributed by atoms with Crippen LogP contribution in [-0.4, -0.2) is 23.6 Å². The first-order valence-corrected chi connectivity index (χ1v) is 7.82. The van der Waals surface area contributed by atoms with Crippen molar-refractivity contribution in [3.05, 3.63) is 35.6 Å². The minimum Gasteiger partial charge on any atom is -0.402 e. The van der Waals surface area contributed by atoms with E-state index in [2.05, 4.69) is 9.99 Å². The van der Waals surface area contributed by atoms with E-state index in [0.29, 0.717) is 0 Å². The van der Waals surface area contributed by atoms with Gasteiger partial charge in [-0.15, -0.1) is 0 Å². The molecule has 20 heavy (non-hydrogen) atoms. The third-order valence-corrected chi connectivity index (χ3v) is 5.04. The summed E-state index contributed by atoms with van der Waals surface area (Å²) in [6.45, 7) is 5.19. The van der Waals surface area contributed by atoms with Gasteiger partial charge in [-0.1, -0.05) is 26.0 Å². The van der Waals surface area contributed by atoms with Crippen molar-refractivity contribution in [3.63, 3.8) is 0 Å². The van der Waals surface area contributed by atoms with E-state index in [1.165, 1.54) is 25.3 Å². The maximum absolute atomic E-state index is 13.7. The molecule has 0 heterocycles. The van der Waals surface area contributed by atoms with Crippen molar-refractivity contribution in [1.82, 2.24) is 0 Å². The fraction of sp³-hybridized carbons (Fsp3) is 0.462. The van der Waals surface area contributed by atoms with E-state index in [1.54, 1.807) is 26.8 Å². The molecule has 0 aliphatic rings. The van der Waals surface area contributed by atoms with Crippen LogP contribution >= 0.6 is 7.60 Å². The molecule has 1 aromatic carbocycles. The number of halogens is 1. The number of hydrogen-bond acceptors (Lipinski definition) is 4. The first-order valence-electron chi connectivity index (χ1n) is 6.17. The summed E-state index contributed by atoms with van der Waals surface area (Å²) in [6.07, 6.45) is 0. The smallest absolute Gasteiger partial charge is 0.381 e. The van der Waals surface area contributed by atoms with Gasteiger partial charge in [0.15, 0.2) is 0 Å². The van der Waals surface area contributed by atoms with Gasteiger partial charge in [0.05, 0.1) is 11.2 Å². The zero-order valence-corrected chi connectivity index (χ0v) is 12.8. The van der Waals surface area contributed by atoms with Crippen molar-refractivity contribution in [1.29, 1.82) is 0 Å². The maximum Gasteiger partial charge on any atom is 0.381 e. The molecule has 7 heteroatoms. The molecule has 0 aromatic heterocycles.